The van der Waals surface area contributed by atoms with Crippen LogP contribution in [0.15, 0.2) is 0 Å². The first-order valence-electron chi connectivity index (χ1n) is 5.17. The summed E-state index contributed by atoms with van der Waals surface area (Å²) in [5.74, 6) is 0.587. The normalized spacial score (nSPS) is 17.9. The fourth-order valence-corrected chi connectivity index (χ4v) is 1.77. The van der Waals surface area contributed by atoms with Gasteiger partial charge in [0, 0.05) is 0 Å². The van der Waals surface area contributed by atoms with Gasteiger partial charge in [0.2, 0.25) is 0 Å². The fourth-order valence-electron chi connectivity index (χ4n) is 1.77. The first kappa shape index (κ1) is 12.6. The van der Waals surface area contributed by atoms with Gasteiger partial charge < -0.3 is 5.11 Å². The predicted octanol–water partition coefficient (Wildman–Crippen LogP) is 2.40. The number of hydrogen-bond acceptors (Lipinski definition) is 2. The molecular weight excluding hydrogens is 164 g/mol. The Morgan fingerprint density at radius 1 is 1.38 bits per heavy atom. The van der Waals surface area contributed by atoms with Crippen LogP contribution in [0, 0.1) is 11.8 Å². The molecule has 0 aromatic rings. The van der Waals surface area contributed by atoms with Crippen LogP contribution in [0.3, 0.4) is 0 Å². The lowest BCUT2D eigenvalue weighted by atomic mass is 9.89. The Morgan fingerprint density at radius 2 is 1.92 bits per heavy atom. The zero-order valence-electron chi connectivity index (χ0n) is 9.21. The molecule has 0 amide bonds. The molecule has 0 aliphatic rings. The van der Waals surface area contributed by atoms with Crippen LogP contribution in [0.1, 0.15) is 47.0 Å². The zero-order chi connectivity index (χ0) is 10.4. The van der Waals surface area contributed by atoms with Gasteiger partial charge in [0.05, 0.1) is 0 Å². The summed E-state index contributed by atoms with van der Waals surface area (Å²) in [4.78, 5) is 10.9. The summed E-state index contributed by atoms with van der Waals surface area (Å²) in [5.41, 5.74) is 0. The summed E-state index contributed by atoms with van der Waals surface area (Å²) >= 11 is 0. The number of hydrogen-bond donors (Lipinski definition) is 1. The summed E-state index contributed by atoms with van der Waals surface area (Å²) < 4.78 is 0. The largest absolute Gasteiger partial charge is 0.385 e. The van der Waals surface area contributed by atoms with Crippen LogP contribution in [-0.4, -0.2) is 17.0 Å². The van der Waals surface area contributed by atoms with E-state index >= 15 is 0 Å². The molecule has 0 bridgehead atoms. The molecule has 0 aromatic carbocycles. The molecule has 0 saturated heterocycles. The minimum atomic E-state index is -0.765. The quantitative estimate of drug-likeness (QED) is 0.691. The Kier molecular flexibility index (Phi) is 5.97. The van der Waals surface area contributed by atoms with Gasteiger partial charge in [-0.3, -0.25) is 4.79 Å². The van der Waals surface area contributed by atoms with Gasteiger partial charge in [-0.15, -0.1) is 0 Å². The van der Waals surface area contributed by atoms with Crippen LogP contribution in [0.25, 0.3) is 0 Å². The smallest absolute Gasteiger partial charge is 0.158 e. The molecule has 0 aromatic heterocycles. The fraction of sp³-hybridized carbons (Fsp3) is 0.909. The van der Waals surface area contributed by atoms with E-state index in [-0.39, 0.29) is 11.7 Å². The molecule has 13 heavy (non-hydrogen) atoms. The molecule has 1 N–H and O–H groups in total. The lowest BCUT2D eigenvalue weighted by Gasteiger charge is -2.19. The monoisotopic (exact) mass is 186 g/mol. The van der Waals surface area contributed by atoms with E-state index in [1.54, 1.807) is 0 Å². The Balaban J connectivity index is 3.84. The van der Waals surface area contributed by atoms with Crippen molar-refractivity contribution in [3.8, 4) is 0 Å². The van der Waals surface area contributed by atoms with Gasteiger partial charge in [0.1, 0.15) is 6.10 Å². The van der Waals surface area contributed by atoms with Crippen molar-refractivity contribution >= 4 is 5.78 Å². The minimum absolute atomic E-state index is 0.0963. The maximum absolute atomic E-state index is 10.9. The Labute approximate surface area is 81.3 Å². The van der Waals surface area contributed by atoms with E-state index in [9.17, 15) is 9.90 Å². The van der Waals surface area contributed by atoms with Gasteiger partial charge >= 0.3 is 0 Å². The van der Waals surface area contributed by atoms with E-state index in [1.165, 1.54) is 19.8 Å². The van der Waals surface area contributed by atoms with E-state index in [0.29, 0.717) is 5.92 Å². The minimum Gasteiger partial charge on any atom is -0.385 e. The Bertz CT molecular complexity index is 154. The molecule has 0 spiro atoms. The lowest BCUT2D eigenvalue weighted by Crippen LogP contribution is -2.26. The third-order valence-electron chi connectivity index (χ3n) is 2.51. The standard InChI is InChI=1S/C11H22O2/c1-5-6-8(2)7-9(3)11(13)10(4)12/h8-9,11,13H,5-7H2,1-4H3. The number of aliphatic hydroxyl groups excluding tert-OH is 1. The molecule has 78 valence electrons. The molecule has 2 nitrogen and oxygen atoms in total. The number of carbonyl (C=O) groups is 1. The molecule has 2 heteroatoms. The van der Waals surface area contributed by atoms with Crippen molar-refractivity contribution in [1.29, 1.82) is 0 Å². The number of ketones is 1. The van der Waals surface area contributed by atoms with Gasteiger partial charge in [0.15, 0.2) is 5.78 Å². The highest BCUT2D eigenvalue weighted by Gasteiger charge is 2.20. The molecule has 3 unspecified atom stereocenters. The SMILES string of the molecule is CCCC(C)CC(C)C(O)C(C)=O. The topological polar surface area (TPSA) is 37.3 Å². The number of aliphatic hydroxyl groups is 1. The molecular formula is C11H22O2. The second-order valence-electron chi connectivity index (χ2n) is 4.16. The van der Waals surface area contributed by atoms with Crippen molar-refractivity contribution in [3.05, 3.63) is 0 Å². The summed E-state index contributed by atoms with van der Waals surface area (Å²) in [6.07, 6.45) is 2.52. The van der Waals surface area contributed by atoms with Gasteiger partial charge in [-0.1, -0.05) is 33.6 Å². The van der Waals surface area contributed by atoms with Crippen molar-refractivity contribution in [2.24, 2.45) is 11.8 Å². The van der Waals surface area contributed by atoms with Crippen molar-refractivity contribution in [2.45, 2.75) is 53.1 Å². The van der Waals surface area contributed by atoms with Crippen LogP contribution < -0.4 is 0 Å². The highest BCUT2D eigenvalue weighted by atomic mass is 16.3. The molecule has 0 fully saturated rings. The molecule has 0 radical (unpaired) electrons. The van der Waals surface area contributed by atoms with Crippen LogP contribution in [0.5, 0.6) is 0 Å². The average molecular weight is 186 g/mol. The molecule has 0 heterocycles. The van der Waals surface area contributed by atoms with Gasteiger partial charge in [-0.25, -0.2) is 0 Å². The summed E-state index contributed by atoms with van der Waals surface area (Å²) in [6.45, 7) is 7.72. The molecule has 3 atom stereocenters. The first-order valence-corrected chi connectivity index (χ1v) is 5.17. The Hall–Kier alpha value is -0.370. The van der Waals surface area contributed by atoms with Gasteiger partial charge in [-0.2, -0.15) is 0 Å². The Morgan fingerprint density at radius 3 is 2.31 bits per heavy atom. The van der Waals surface area contributed by atoms with Crippen LogP contribution in [-0.2, 0) is 4.79 Å². The van der Waals surface area contributed by atoms with Crippen LogP contribution in [0.4, 0.5) is 0 Å². The lowest BCUT2D eigenvalue weighted by molar-refractivity contribution is -0.127. The van der Waals surface area contributed by atoms with Crippen LogP contribution in [0.2, 0.25) is 0 Å². The van der Waals surface area contributed by atoms with Crippen molar-refractivity contribution in [1.82, 2.24) is 0 Å². The van der Waals surface area contributed by atoms with E-state index < -0.39 is 6.10 Å². The number of carbonyl (C=O) groups excluding carboxylic acids is 1. The number of rotatable bonds is 6. The zero-order valence-corrected chi connectivity index (χ0v) is 9.21. The van der Waals surface area contributed by atoms with Crippen LogP contribution >= 0.6 is 0 Å². The predicted molar refractivity (Wildman–Crippen MR) is 54.5 cm³/mol. The summed E-state index contributed by atoms with van der Waals surface area (Å²) in [5, 5.41) is 9.46. The maximum atomic E-state index is 10.9. The van der Waals surface area contributed by atoms with E-state index in [0.717, 1.165) is 6.42 Å². The van der Waals surface area contributed by atoms with Crippen molar-refractivity contribution < 1.29 is 9.90 Å². The van der Waals surface area contributed by atoms with Crippen molar-refractivity contribution in [2.75, 3.05) is 0 Å². The van der Waals surface area contributed by atoms with E-state index in [4.69, 9.17) is 0 Å². The van der Waals surface area contributed by atoms with E-state index in [2.05, 4.69) is 13.8 Å². The average Bonchev–Trinajstić information content (AvgIpc) is 2.03. The molecule has 0 aliphatic heterocycles. The summed E-state index contributed by atoms with van der Waals surface area (Å²) in [6, 6.07) is 0. The second-order valence-corrected chi connectivity index (χ2v) is 4.16. The third kappa shape index (κ3) is 5.04. The third-order valence-corrected chi connectivity index (χ3v) is 2.51. The highest BCUT2D eigenvalue weighted by molar-refractivity contribution is 5.80. The van der Waals surface area contributed by atoms with Gasteiger partial charge in [-0.05, 0) is 25.2 Å². The maximum Gasteiger partial charge on any atom is 0.158 e. The molecule has 0 saturated carbocycles. The first-order chi connectivity index (χ1) is 5.99. The second kappa shape index (κ2) is 6.14. The van der Waals surface area contributed by atoms with E-state index in [1.807, 2.05) is 6.92 Å². The summed E-state index contributed by atoms with van der Waals surface area (Å²) in [7, 11) is 0. The van der Waals surface area contributed by atoms with Crippen molar-refractivity contribution in [3.63, 3.8) is 0 Å². The highest BCUT2D eigenvalue weighted by Crippen LogP contribution is 2.19. The molecule has 0 aliphatic carbocycles. The van der Waals surface area contributed by atoms with Gasteiger partial charge in [0.25, 0.3) is 0 Å². The number of Topliss-reactive ketones (excluding diaryl/α,β-unsaturated/α-hetero) is 1. The molecule has 0 rings (SSSR count).